The monoisotopic (exact) mass is 539 g/mol. The van der Waals surface area contributed by atoms with Crippen molar-refractivity contribution in [2.75, 3.05) is 37.8 Å². The normalized spacial score (nSPS) is 16.6. The van der Waals surface area contributed by atoms with E-state index in [1.807, 2.05) is 18.2 Å². The lowest BCUT2D eigenvalue weighted by atomic mass is 9.96. The predicted octanol–water partition coefficient (Wildman–Crippen LogP) is 5.27. The number of benzene rings is 2. The maximum atomic E-state index is 12.8. The second-order valence-electron chi connectivity index (χ2n) is 9.88. The van der Waals surface area contributed by atoms with Crippen LogP contribution in [0, 0.1) is 5.92 Å². The number of rotatable bonds is 10. The molecular weight excluding hydrogens is 503 g/mol. The Hall–Kier alpha value is -2.43. The molecule has 1 aliphatic heterocycles. The highest BCUT2D eigenvalue weighted by molar-refractivity contribution is 7.88. The topological polar surface area (TPSA) is 69.7 Å². The van der Waals surface area contributed by atoms with Crippen LogP contribution in [-0.2, 0) is 22.6 Å². The molecule has 0 aliphatic carbocycles. The van der Waals surface area contributed by atoms with E-state index >= 15 is 0 Å². The van der Waals surface area contributed by atoms with Crippen LogP contribution >= 0.6 is 0 Å². The lowest BCUT2D eigenvalue weighted by Crippen LogP contribution is -2.44. The fourth-order valence-electron chi connectivity index (χ4n) is 4.79. The van der Waals surface area contributed by atoms with Gasteiger partial charge in [-0.05, 0) is 87.0 Å². The van der Waals surface area contributed by atoms with E-state index in [1.54, 1.807) is 10.4 Å². The highest BCUT2D eigenvalue weighted by Gasteiger charge is 2.30. The summed E-state index contributed by atoms with van der Waals surface area (Å²) in [6.07, 6.45) is 0.302. The molecule has 3 rings (SSSR count). The van der Waals surface area contributed by atoms with Crippen molar-refractivity contribution in [3.8, 4) is 0 Å². The van der Waals surface area contributed by atoms with Gasteiger partial charge in [-0.3, -0.25) is 4.79 Å². The number of alkyl halides is 3. The molecule has 0 spiro atoms. The molecule has 6 nitrogen and oxygen atoms in total. The van der Waals surface area contributed by atoms with Crippen molar-refractivity contribution in [2.45, 2.75) is 51.7 Å². The SMILES string of the molecule is CCCN(CC1CCN(S(C)(=O)=O)CC1)C(C)Cc1cccc(NC(=O)c2ccc(C(F)(F)F)cc2)c1. The summed E-state index contributed by atoms with van der Waals surface area (Å²) < 4.78 is 63.5. The Morgan fingerprint density at radius 1 is 1.14 bits per heavy atom. The third-order valence-corrected chi connectivity index (χ3v) is 8.16. The van der Waals surface area contributed by atoms with Crippen LogP contribution in [-0.4, -0.2) is 62.0 Å². The number of amides is 1. The van der Waals surface area contributed by atoms with Crippen LogP contribution in [0.1, 0.15) is 54.6 Å². The van der Waals surface area contributed by atoms with E-state index < -0.39 is 27.7 Å². The van der Waals surface area contributed by atoms with Crippen LogP contribution in [0.2, 0.25) is 0 Å². The fourth-order valence-corrected chi connectivity index (χ4v) is 5.67. The van der Waals surface area contributed by atoms with E-state index in [-0.39, 0.29) is 11.6 Å². The Kier molecular flexibility index (Phi) is 9.77. The van der Waals surface area contributed by atoms with Crippen LogP contribution < -0.4 is 5.32 Å². The summed E-state index contributed by atoms with van der Waals surface area (Å²) in [7, 11) is -3.14. The lowest BCUT2D eigenvalue weighted by Gasteiger charge is -2.36. The van der Waals surface area contributed by atoms with Crippen LogP contribution in [0.4, 0.5) is 18.9 Å². The summed E-state index contributed by atoms with van der Waals surface area (Å²) >= 11 is 0. The number of piperidine rings is 1. The first kappa shape index (κ1) is 29.1. The molecule has 1 N–H and O–H groups in total. The molecule has 1 atom stereocenters. The summed E-state index contributed by atoms with van der Waals surface area (Å²) in [5, 5.41) is 2.78. The Morgan fingerprint density at radius 3 is 2.35 bits per heavy atom. The second-order valence-corrected chi connectivity index (χ2v) is 11.9. The van der Waals surface area contributed by atoms with Gasteiger partial charge in [0, 0.05) is 36.9 Å². The van der Waals surface area contributed by atoms with Crippen molar-refractivity contribution in [3.05, 3.63) is 65.2 Å². The standard InChI is InChI=1S/C27H36F3N3O3S/c1-4-14-32(19-21-12-15-33(16-13-21)37(3,35)36)20(2)17-22-6-5-7-25(18-22)31-26(34)23-8-10-24(11-9-23)27(28,29)30/h5-11,18,20-21H,4,12-17,19H2,1-3H3,(H,31,34). The molecule has 2 aromatic carbocycles. The minimum Gasteiger partial charge on any atom is -0.322 e. The smallest absolute Gasteiger partial charge is 0.322 e. The number of anilines is 1. The first-order valence-corrected chi connectivity index (χ1v) is 14.5. The van der Waals surface area contributed by atoms with E-state index in [9.17, 15) is 26.4 Å². The number of carbonyl (C=O) groups excluding carboxylic acids is 1. The molecule has 1 amide bonds. The van der Waals surface area contributed by atoms with Gasteiger partial charge < -0.3 is 10.2 Å². The molecule has 0 aromatic heterocycles. The molecule has 0 saturated carbocycles. The molecule has 1 heterocycles. The van der Waals surface area contributed by atoms with Crippen LogP contribution in [0.15, 0.2) is 48.5 Å². The van der Waals surface area contributed by atoms with Crippen LogP contribution in [0.25, 0.3) is 0 Å². The zero-order chi connectivity index (χ0) is 27.2. The van der Waals surface area contributed by atoms with Gasteiger partial charge in [0.15, 0.2) is 0 Å². The van der Waals surface area contributed by atoms with Crippen molar-refractivity contribution in [1.82, 2.24) is 9.21 Å². The van der Waals surface area contributed by atoms with Gasteiger partial charge in [-0.2, -0.15) is 13.2 Å². The molecule has 204 valence electrons. The van der Waals surface area contributed by atoms with Crippen molar-refractivity contribution in [3.63, 3.8) is 0 Å². The van der Waals surface area contributed by atoms with Gasteiger partial charge in [0.2, 0.25) is 10.0 Å². The maximum absolute atomic E-state index is 12.8. The first-order chi connectivity index (χ1) is 17.4. The Morgan fingerprint density at radius 2 is 1.78 bits per heavy atom. The van der Waals surface area contributed by atoms with Crippen molar-refractivity contribution >= 4 is 21.6 Å². The minimum absolute atomic E-state index is 0.155. The van der Waals surface area contributed by atoms with E-state index in [0.717, 1.165) is 56.5 Å². The number of carbonyl (C=O) groups is 1. The molecule has 1 aliphatic rings. The number of nitrogens with one attached hydrogen (secondary N) is 1. The number of sulfonamides is 1. The van der Waals surface area contributed by atoms with Crippen LogP contribution in [0.5, 0.6) is 0 Å². The summed E-state index contributed by atoms with van der Waals surface area (Å²) in [5.41, 5.74) is 0.996. The van der Waals surface area contributed by atoms with Gasteiger partial charge in [0.25, 0.3) is 5.91 Å². The minimum atomic E-state index is -4.45. The molecular formula is C27H36F3N3O3S. The number of halogens is 3. The number of hydrogen-bond acceptors (Lipinski definition) is 4. The van der Waals surface area contributed by atoms with Crippen molar-refractivity contribution in [1.29, 1.82) is 0 Å². The molecule has 10 heteroatoms. The molecule has 1 unspecified atom stereocenters. The third kappa shape index (κ3) is 8.55. The van der Waals surface area contributed by atoms with Crippen molar-refractivity contribution in [2.24, 2.45) is 5.92 Å². The summed E-state index contributed by atoms with van der Waals surface area (Å²) in [5.74, 6) is -0.0201. The molecule has 1 saturated heterocycles. The average Bonchev–Trinajstić information content (AvgIpc) is 2.83. The highest BCUT2D eigenvalue weighted by Crippen LogP contribution is 2.29. The summed E-state index contributed by atoms with van der Waals surface area (Å²) in [4.78, 5) is 15.0. The van der Waals surface area contributed by atoms with E-state index in [0.29, 0.717) is 24.7 Å². The molecule has 0 radical (unpaired) electrons. The third-order valence-electron chi connectivity index (χ3n) is 6.86. The summed E-state index contributed by atoms with van der Waals surface area (Å²) in [6, 6.07) is 11.9. The van der Waals surface area contributed by atoms with E-state index in [1.165, 1.54) is 18.4 Å². The van der Waals surface area contributed by atoms with Gasteiger partial charge in [-0.25, -0.2) is 12.7 Å². The van der Waals surface area contributed by atoms with Crippen molar-refractivity contribution < 1.29 is 26.4 Å². The molecule has 2 aromatic rings. The average molecular weight is 540 g/mol. The molecule has 37 heavy (non-hydrogen) atoms. The lowest BCUT2D eigenvalue weighted by molar-refractivity contribution is -0.137. The van der Waals surface area contributed by atoms with E-state index in [2.05, 4.69) is 24.1 Å². The zero-order valence-electron chi connectivity index (χ0n) is 21.6. The Bertz CT molecular complexity index is 1150. The second kappa shape index (κ2) is 12.4. The van der Waals surface area contributed by atoms with Gasteiger partial charge in [-0.15, -0.1) is 0 Å². The Labute approximate surface area is 217 Å². The number of hydrogen-bond donors (Lipinski definition) is 1. The Balaban J connectivity index is 1.59. The molecule has 1 fully saturated rings. The quantitative estimate of drug-likeness (QED) is 0.447. The zero-order valence-corrected chi connectivity index (χ0v) is 22.4. The van der Waals surface area contributed by atoms with Gasteiger partial charge >= 0.3 is 6.18 Å². The van der Waals surface area contributed by atoms with Crippen LogP contribution in [0.3, 0.4) is 0 Å². The first-order valence-electron chi connectivity index (χ1n) is 12.6. The van der Waals surface area contributed by atoms with E-state index in [4.69, 9.17) is 0 Å². The number of nitrogens with zero attached hydrogens (tertiary/aromatic N) is 2. The predicted molar refractivity (Wildman–Crippen MR) is 140 cm³/mol. The molecule has 0 bridgehead atoms. The largest absolute Gasteiger partial charge is 0.416 e. The fraction of sp³-hybridized carbons (Fsp3) is 0.519. The van der Waals surface area contributed by atoms with Gasteiger partial charge in [0.1, 0.15) is 0 Å². The maximum Gasteiger partial charge on any atom is 0.416 e. The van der Waals surface area contributed by atoms with Gasteiger partial charge in [0.05, 0.1) is 11.8 Å². The highest BCUT2D eigenvalue weighted by atomic mass is 32.2. The van der Waals surface area contributed by atoms with Gasteiger partial charge in [-0.1, -0.05) is 19.1 Å². The summed E-state index contributed by atoms with van der Waals surface area (Å²) in [6.45, 7) is 7.31.